The summed E-state index contributed by atoms with van der Waals surface area (Å²) in [5.41, 5.74) is 0. The first-order valence-electron chi connectivity index (χ1n) is 5.55. The van der Waals surface area contributed by atoms with Gasteiger partial charge in [0, 0.05) is 13.7 Å². The Hall–Kier alpha value is -1.10. The zero-order valence-electron chi connectivity index (χ0n) is 9.81. The summed E-state index contributed by atoms with van der Waals surface area (Å²) in [7, 11) is 1.54. The van der Waals surface area contributed by atoms with Crippen LogP contribution in [0.5, 0.6) is 0 Å². The Morgan fingerprint density at radius 3 is 2.56 bits per heavy atom. The van der Waals surface area contributed by atoms with E-state index in [2.05, 4.69) is 0 Å². The Labute approximate surface area is 95.4 Å². The molecule has 1 unspecified atom stereocenters. The smallest absolute Gasteiger partial charge is 0.323 e. The third-order valence-electron chi connectivity index (χ3n) is 2.72. The number of methoxy groups -OCH3 is 1. The van der Waals surface area contributed by atoms with Crippen molar-refractivity contribution in [3.05, 3.63) is 0 Å². The van der Waals surface area contributed by atoms with Gasteiger partial charge in [0.25, 0.3) is 0 Å². The largest absolute Gasteiger partial charge is 0.480 e. The fraction of sp³-hybridized carbons (Fsp3) is 0.818. The molecule has 5 nitrogen and oxygen atoms in total. The van der Waals surface area contributed by atoms with E-state index in [1.807, 2.05) is 0 Å². The standard InChI is InChI=1S/C11H19NO4/c1-8(16-2)5-10(13)12(7-11(14)15)6-9-3-4-9/h8-9H,3-7H2,1-2H3,(H,14,15). The predicted molar refractivity (Wildman–Crippen MR) is 58.0 cm³/mol. The van der Waals surface area contributed by atoms with Crippen LogP contribution < -0.4 is 0 Å². The van der Waals surface area contributed by atoms with Gasteiger partial charge in [-0.3, -0.25) is 9.59 Å². The molecule has 1 saturated carbocycles. The molecule has 0 aromatic carbocycles. The van der Waals surface area contributed by atoms with Gasteiger partial charge >= 0.3 is 5.97 Å². The van der Waals surface area contributed by atoms with Gasteiger partial charge in [-0.25, -0.2) is 0 Å². The van der Waals surface area contributed by atoms with Crippen LogP contribution in [0.25, 0.3) is 0 Å². The van der Waals surface area contributed by atoms with Crippen molar-refractivity contribution in [1.29, 1.82) is 0 Å². The molecular weight excluding hydrogens is 210 g/mol. The molecule has 1 N–H and O–H groups in total. The fourth-order valence-corrected chi connectivity index (χ4v) is 1.49. The van der Waals surface area contributed by atoms with Gasteiger partial charge in [0.2, 0.25) is 5.91 Å². The molecule has 0 saturated heterocycles. The summed E-state index contributed by atoms with van der Waals surface area (Å²) in [6.45, 7) is 2.17. The SMILES string of the molecule is COC(C)CC(=O)N(CC(=O)O)CC1CC1. The van der Waals surface area contributed by atoms with E-state index in [1.165, 1.54) is 4.90 Å². The topological polar surface area (TPSA) is 66.8 Å². The summed E-state index contributed by atoms with van der Waals surface area (Å²) in [6.07, 6.45) is 2.28. The molecule has 0 bridgehead atoms. The average Bonchev–Trinajstić information content (AvgIpc) is 2.99. The van der Waals surface area contributed by atoms with Crippen molar-refractivity contribution in [1.82, 2.24) is 4.90 Å². The quantitative estimate of drug-likeness (QED) is 0.699. The first-order chi connectivity index (χ1) is 7.52. The molecule has 0 aromatic rings. The van der Waals surface area contributed by atoms with Crippen LogP contribution in [-0.2, 0) is 14.3 Å². The maximum Gasteiger partial charge on any atom is 0.323 e. The van der Waals surface area contributed by atoms with Gasteiger partial charge in [-0.05, 0) is 25.7 Å². The van der Waals surface area contributed by atoms with E-state index < -0.39 is 5.97 Å². The van der Waals surface area contributed by atoms with Crippen LogP contribution in [0.3, 0.4) is 0 Å². The minimum atomic E-state index is -0.959. The minimum Gasteiger partial charge on any atom is -0.480 e. The van der Waals surface area contributed by atoms with Crippen LogP contribution >= 0.6 is 0 Å². The van der Waals surface area contributed by atoms with E-state index in [9.17, 15) is 9.59 Å². The van der Waals surface area contributed by atoms with Crippen molar-refractivity contribution in [3.8, 4) is 0 Å². The number of ether oxygens (including phenoxy) is 1. The molecule has 5 heteroatoms. The highest BCUT2D eigenvalue weighted by molar-refractivity contribution is 5.81. The summed E-state index contributed by atoms with van der Waals surface area (Å²) in [6, 6.07) is 0. The molecule has 1 aliphatic carbocycles. The summed E-state index contributed by atoms with van der Waals surface area (Å²) in [5, 5.41) is 8.73. The highest BCUT2D eigenvalue weighted by Gasteiger charge is 2.28. The Bertz CT molecular complexity index is 263. The van der Waals surface area contributed by atoms with E-state index in [-0.39, 0.29) is 25.0 Å². The lowest BCUT2D eigenvalue weighted by atomic mass is 10.2. The summed E-state index contributed by atoms with van der Waals surface area (Å²) in [4.78, 5) is 23.9. The number of nitrogens with zero attached hydrogens (tertiary/aromatic N) is 1. The number of aliphatic carboxylic acids is 1. The van der Waals surface area contributed by atoms with E-state index >= 15 is 0 Å². The molecule has 1 amide bonds. The van der Waals surface area contributed by atoms with Gasteiger partial charge in [-0.15, -0.1) is 0 Å². The monoisotopic (exact) mass is 229 g/mol. The molecule has 0 aliphatic heterocycles. The number of carboxylic acids is 1. The van der Waals surface area contributed by atoms with Gasteiger partial charge in [-0.2, -0.15) is 0 Å². The van der Waals surface area contributed by atoms with Crippen molar-refractivity contribution >= 4 is 11.9 Å². The zero-order chi connectivity index (χ0) is 12.1. The molecule has 1 atom stereocenters. The fourth-order valence-electron chi connectivity index (χ4n) is 1.49. The summed E-state index contributed by atoms with van der Waals surface area (Å²) < 4.78 is 5.00. The van der Waals surface area contributed by atoms with Gasteiger partial charge in [-0.1, -0.05) is 0 Å². The number of carbonyl (C=O) groups is 2. The molecule has 0 radical (unpaired) electrons. The predicted octanol–water partition coefficient (Wildman–Crippen LogP) is 0.735. The lowest BCUT2D eigenvalue weighted by molar-refractivity contribution is -0.145. The highest BCUT2D eigenvalue weighted by Crippen LogP contribution is 2.29. The lowest BCUT2D eigenvalue weighted by Gasteiger charge is -2.22. The van der Waals surface area contributed by atoms with Gasteiger partial charge in [0.05, 0.1) is 12.5 Å². The van der Waals surface area contributed by atoms with E-state index in [0.717, 1.165) is 12.8 Å². The summed E-state index contributed by atoms with van der Waals surface area (Å²) >= 11 is 0. The van der Waals surface area contributed by atoms with Crippen LogP contribution in [0.1, 0.15) is 26.2 Å². The highest BCUT2D eigenvalue weighted by atomic mass is 16.5. The number of hydrogen-bond acceptors (Lipinski definition) is 3. The molecule has 0 heterocycles. The van der Waals surface area contributed by atoms with Gasteiger partial charge in [0.15, 0.2) is 0 Å². The second-order valence-corrected chi connectivity index (χ2v) is 4.36. The lowest BCUT2D eigenvalue weighted by Crippen LogP contribution is -2.38. The Kier molecular flexibility index (Phi) is 4.73. The maximum atomic E-state index is 11.8. The zero-order valence-corrected chi connectivity index (χ0v) is 9.81. The van der Waals surface area contributed by atoms with Crippen LogP contribution in [0.2, 0.25) is 0 Å². The Morgan fingerprint density at radius 2 is 2.12 bits per heavy atom. The third-order valence-corrected chi connectivity index (χ3v) is 2.72. The first kappa shape index (κ1) is 13.0. The third kappa shape index (κ3) is 4.61. The van der Waals surface area contributed by atoms with Crippen molar-refractivity contribution in [2.45, 2.75) is 32.3 Å². The second-order valence-electron chi connectivity index (χ2n) is 4.36. The van der Waals surface area contributed by atoms with Crippen LogP contribution in [-0.4, -0.2) is 48.2 Å². The molecule has 92 valence electrons. The van der Waals surface area contributed by atoms with E-state index in [1.54, 1.807) is 14.0 Å². The summed E-state index contributed by atoms with van der Waals surface area (Å²) in [5.74, 6) is -0.594. The number of carboxylic acid groups (broad SMARTS) is 1. The van der Waals surface area contributed by atoms with Crippen molar-refractivity contribution in [2.24, 2.45) is 5.92 Å². The van der Waals surface area contributed by atoms with E-state index in [4.69, 9.17) is 9.84 Å². The molecule has 1 rings (SSSR count). The van der Waals surface area contributed by atoms with Gasteiger partial charge in [0.1, 0.15) is 6.54 Å². The van der Waals surface area contributed by atoms with Crippen LogP contribution in [0.4, 0.5) is 0 Å². The van der Waals surface area contributed by atoms with E-state index in [0.29, 0.717) is 12.5 Å². The number of rotatable bonds is 7. The van der Waals surface area contributed by atoms with Crippen molar-refractivity contribution in [3.63, 3.8) is 0 Å². The number of carbonyl (C=O) groups excluding carboxylic acids is 1. The average molecular weight is 229 g/mol. The molecule has 0 aromatic heterocycles. The van der Waals surface area contributed by atoms with Crippen molar-refractivity contribution in [2.75, 3.05) is 20.2 Å². The van der Waals surface area contributed by atoms with Crippen LogP contribution in [0, 0.1) is 5.92 Å². The maximum absolute atomic E-state index is 11.8. The normalized spacial score (nSPS) is 16.9. The molecule has 16 heavy (non-hydrogen) atoms. The van der Waals surface area contributed by atoms with Gasteiger partial charge < -0.3 is 14.7 Å². The van der Waals surface area contributed by atoms with Crippen molar-refractivity contribution < 1.29 is 19.4 Å². The molecule has 1 fully saturated rings. The number of hydrogen-bond donors (Lipinski definition) is 1. The Morgan fingerprint density at radius 1 is 1.50 bits per heavy atom. The molecule has 1 aliphatic rings. The molecular formula is C11H19NO4. The molecule has 0 spiro atoms. The van der Waals surface area contributed by atoms with Crippen LogP contribution in [0.15, 0.2) is 0 Å². The second kappa shape index (κ2) is 5.84. The first-order valence-corrected chi connectivity index (χ1v) is 5.55. The Balaban J connectivity index is 2.45. The minimum absolute atomic E-state index is 0.136. The number of amides is 1.